The molecule has 7 heteroatoms. The highest BCUT2D eigenvalue weighted by Gasteiger charge is 2.45. The third kappa shape index (κ3) is 3.90. The lowest BCUT2D eigenvalue weighted by atomic mass is 9.68. The maximum atomic E-state index is 13.2. The first-order valence-electron chi connectivity index (χ1n) is 13.2. The van der Waals surface area contributed by atoms with Gasteiger partial charge in [-0.1, -0.05) is 37.3 Å². The number of benzene rings is 2. The normalized spacial score (nSPS) is 23.3. The Balaban J connectivity index is 1.20. The molecule has 2 fully saturated rings. The van der Waals surface area contributed by atoms with Crippen LogP contribution in [0.1, 0.15) is 71.6 Å². The molecule has 0 bridgehead atoms. The van der Waals surface area contributed by atoms with E-state index >= 15 is 0 Å². The third-order valence-corrected chi connectivity index (χ3v) is 8.72. The number of aryl methyl sites for hydroxylation is 1. The number of amides is 3. The molecule has 2 saturated heterocycles. The average Bonchev–Trinajstić information content (AvgIpc) is 3.23. The van der Waals surface area contributed by atoms with Gasteiger partial charge in [0.1, 0.15) is 11.8 Å². The third-order valence-electron chi connectivity index (χ3n) is 8.72. The summed E-state index contributed by atoms with van der Waals surface area (Å²) in [6.07, 6.45) is 4.82. The number of hydrogen-bond acceptors (Lipinski definition) is 5. The SMILES string of the molecule is CCc1ccc(CN2CCC3(CCOc4c3ccc3c4CN(C4CCC(=O)NC4=O)C3=O)CC2)cc1. The minimum atomic E-state index is -0.606. The van der Waals surface area contributed by atoms with Gasteiger partial charge in [0, 0.05) is 35.1 Å². The van der Waals surface area contributed by atoms with Gasteiger partial charge in [-0.2, -0.15) is 0 Å². The summed E-state index contributed by atoms with van der Waals surface area (Å²) in [5.41, 5.74) is 5.55. The van der Waals surface area contributed by atoms with Crippen molar-refractivity contribution in [3.8, 4) is 5.75 Å². The van der Waals surface area contributed by atoms with Crippen LogP contribution in [0.15, 0.2) is 36.4 Å². The smallest absolute Gasteiger partial charge is 0.255 e. The molecule has 2 aromatic rings. The van der Waals surface area contributed by atoms with E-state index in [0.29, 0.717) is 25.1 Å². The van der Waals surface area contributed by atoms with E-state index in [0.717, 1.165) is 56.6 Å². The summed E-state index contributed by atoms with van der Waals surface area (Å²) in [6, 6.07) is 12.4. The van der Waals surface area contributed by atoms with Crippen LogP contribution in [-0.2, 0) is 34.5 Å². The number of imide groups is 1. The summed E-state index contributed by atoms with van der Waals surface area (Å²) in [5, 5.41) is 2.38. The lowest BCUT2D eigenvalue weighted by molar-refractivity contribution is -0.136. The van der Waals surface area contributed by atoms with Crippen molar-refractivity contribution in [3.63, 3.8) is 0 Å². The minimum Gasteiger partial charge on any atom is -0.493 e. The Labute approximate surface area is 211 Å². The topological polar surface area (TPSA) is 79.0 Å². The summed E-state index contributed by atoms with van der Waals surface area (Å²) >= 11 is 0. The van der Waals surface area contributed by atoms with Crippen LogP contribution in [0, 0.1) is 0 Å². The van der Waals surface area contributed by atoms with Gasteiger partial charge in [0.15, 0.2) is 0 Å². The molecule has 0 aromatic heterocycles. The van der Waals surface area contributed by atoms with E-state index in [1.54, 1.807) is 4.90 Å². The molecule has 6 rings (SSSR count). The van der Waals surface area contributed by atoms with Crippen LogP contribution in [0.4, 0.5) is 0 Å². The zero-order valence-electron chi connectivity index (χ0n) is 20.8. The van der Waals surface area contributed by atoms with E-state index in [1.807, 2.05) is 6.07 Å². The van der Waals surface area contributed by atoms with Crippen molar-refractivity contribution < 1.29 is 19.1 Å². The van der Waals surface area contributed by atoms with Gasteiger partial charge < -0.3 is 9.64 Å². The second kappa shape index (κ2) is 9.04. The summed E-state index contributed by atoms with van der Waals surface area (Å²) in [6.45, 7) is 6.24. The average molecular weight is 488 g/mol. The van der Waals surface area contributed by atoms with Crippen LogP contribution in [0.3, 0.4) is 0 Å². The zero-order valence-corrected chi connectivity index (χ0v) is 20.8. The van der Waals surface area contributed by atoms with E-state index in [1.165, 1.54) is 16.7 Å². The molecule has 3 amide bonds. The lowest BCUT2D eigenvalue weighted by Crippen LogP contribution is -2.52. The van der Waals surface area contributed by atoms with Crippen molar-refractivity contribution in [2.24, 2.45) is 0 Å². The minimum absolute atomic E-state index is 0.0658. The van der Waals surface area contributed by atoms with Crippen LogP contribution in [0.5, 0.6) is 5.75 Å². The van der Waals surface area contributed by atoms with Crippen LogP contribution in [0.25, 0.3) is 0 Å². The van der Waals surface area contributed by atoms with Gasteiger partial charge in [0.05, 0.1) is 13.2 Å². The molecule has 2 aromatic carbocycles. The van der Waals surface area contributed by atoms with Gasteiger partial charge in [-0.15, -0.1) is 0 Å². The molecule has 4 aliphatic heterocycles. The molecule has 1 spiro atoms. The van der Waals surface area contributed by atoms with Crippen molar-refractivity contribution in [2.45, 2.75) is 70.0 Å². The van der Waals surface area contributed by atoms with Gasteiger partial charge >= 0.3 is 0 Å². The number of fused-ring (bicyclic) bond motifs is 4. The van der Waals surface area contributed by atoms with Crippen LogP contribution in [0.2, 0.25) is 0 Å². The highest BCUT2D eigenvalue weighted by molar-refractivity contribution is 6.05. The number of rotatable bonds is 4. The molecule has 7 nitrogen and oxygen atoms in total. The predicted molar refractivity (Wildman–Crippen MR) is 135 cm³/mol. The van der Waals surface area contributed by atoms with Gasteiger partial charge in [-0.25, -0.2) is 0 Å². The highest BCUT2D eigenvalue weighted by atomic mass is 16.5. The summed E-state index contributed by atoms with van der Waals surface area (Å²) < 4.78 is 6.22. The number of likely N-dealkylation sites (tertiary alicyclic amines) is 1. The fourth-order valence-corrected chi connectivity index (χ4v) is 6.48. The van der Waals surface area contributed by atoms with Gasteiger partial charge in [0.25, 0.3) is 5.91 Å². The molecular weight excluding hydrogens is 454 g/mol. The number of carbonyl (C=O) groups excluding carboxylic acids is 3. The van der Waals surface area contributed by atoms with Crippen molar-refractivity contribution in [1.29, 1.82) is 0 Å². The second-order valence-electron chi connectivity index (χ2n) is 10.7. The monoisotopic (exact) mass is 487 g/mol. The van der Waals surface area contributed by atoms with Crippen molar-refractivity contribution >= 4 is 17.7 Å². The Morgan fingerprint density at radius 3 is 2.47 bits per heavy atom. The van der Waals surface area contributed by atoms with E-state index < -0.39 is 6.04 Å². The van der Waals surface area contributed by atoms with Gasteiger partial charge in [0.2, 0.25) is 11.8 Å². The summed E-state index contributed by atoms with van der Waals surface area (Å²) in [4.78, 5) is 41.4. The molecular formula is C29H33N3O4. The largest absolute Gasteiger partial charge is 0.493 e. The van der Waals surface area contributed by atoms with E-state index in [-0.39, 0.29) is 29.6 Å². The molecule has 36 heavy (non-hydrogen) atoms. The van der Waals surface area contributed by atoms with Crippen LogP contribution < -0.4 is 10.1 Å². The molecule has 0 radical (unpaired) electrons. The molecule has 188 valence electrons. The molecule has 4 aliphatic rings. The maximum Gasteiger partial charge on any atom is 0.255 e. The highest BCUT2D eigenvalue weighted by Crippen LogP contribution is 2.49. The van der Waals surface area contributed by atoms with Crippen molar-refractivity contribution in [2.75, 3.05) is 19.7 Å². The van der Waals surface area contributed by atoms with E-state index in [9.17, 15) is 14.4 Å². The number of nitrogens with one attached hydrogen (secondary N) is 1. The van der Waals surface area contributed by atoms with Crippen LogP contribution in [-0.4, -0.2) is 53.3 Å². The number of piperidine rings is 2. The number of hydrogen-bond donors (Lipinski definition) is 1. The molecule has 0 saturated carbocycles. The van der Waals surface area contributed by atoms with E-state index in [4.69, 9.17) is 4.74 Å². The Bertz CT molecular complexity index is 1210. The number of nitrogens with zero attached hydrogens (tertiary/aromatic N) is 2. The summed E-state index contributed by atoms with van der Waals surface area (Å²) in [7, 11) is 0. The predicted octanol–water partition coefficient (Wildman–Crippen LogP) is 3.33. The van der Waals surface area contributed by atoms with E-state index in [2.05, 4.69) is 47.5 Å². The fourth-order valence-electron chi connectivity index (χ4n) is 6.48. The number of ether oxygens (including phenoxy) is 1. The number of carbonyl (C=O) groups is 3. The Morgan fingerprint density at radius 1 is 1.00 bits per heavy atom. The first-order valence-corrected chi connectivity index (χ1v) is 13.2. The van der Waals surface area contributed by atoms with Crippen LogP contribution >= 0.6 is 0 Å². The van der Waals surface area contributed by atoms with Crippen molar-refractivity contribution in [3.05, 3.63) is 64.2 Å². The quantitative estimate of drug-likeness (QED) is 0.670. The Morgan fingerprint density at radius 2 is 1.75 bits per heavy atom. The standard InChI is InChI=1S/C29H33N3O4/c1-2-19-3-5-20(6-4-19)17-31-14-11-29(12-15-31)13-16-36-26-22-18-32(24-9-10-25(33)30-27(24)34)28(35)21(22)7-8-23(26)29/h3-8,24H,2,9-18H2,1H3,(H,30,33,34). The Hall–Kier alpha value is -3.19. The van der Waals surface area contributed by atoms with Gasteiger partial charge in [-0.05, 0) is 62.4 Å². The molecule has 1 N–H and O–H groups in total. The maximum absolute atomic E-state index is 13.2. The zero-order chi connectivity index (χ0) is 24.9. The Kier molecular flexibility index (Phi) is 5.83. The first kappa shape index (κ1) is 23.2. The first-order chi connectivity index (χ1) is 17.5. The fraction of sp³-hybridized carbons (Fsp3) is 0.483. The molecule has 1 unspecified atom stereocenters. The molecule has 0 aliphatic carbocycles. The summed E-state index contributed by atoms with van der Waals surface area (Å²) in [5.74, 6) is 0.0580. The molecule has 1 atom stereocenters. The molecule has 4 heterocycles. The lowest BCUT2D eigenvalue weighted by Gasteiger charge is -2.45. The van der Waals surface area contributed by atoms with Crippen molar-refractivity contribution in [1.82, 2.24) is 15.1 Å². The van der Waals surface area contributed by atoms with Gasteiger partial charge in [-0.3, -0.25) is 24.6 Å². The second-order valence-corrected chi connectivity index (χ2v) is 10.7.